The van der Waals surface area contributed by atoms with Crippen molar-refractivity contribution in [2.75, 3.05) is 25.5 Å². The van der Waals surface area contributed by atoms with E-state index in [-0.39, 0.29) is 24.3 Å². The molecule has 2 saturated heterocycles. The van der Waals surface area contributed by atoms with E-state index in [0.717, 1.165) is 16.8 Å². The summed E-state index contributed by atoms with van der Waals surface area (Å²) in [6.07, 6.45) is 3.19. The fourth-order valence-electron chi connectivity index (χ4n) is 5.95. The van der Waals surface area contributed by atoms with Crippen LogP contribution in [0.15, 0.2) is 63.8 Å². The Kier molecular flexibility index (Phi) is 4.65. The van der Waals surface area contributed by atoms with Gasteiger partial charge in [0.15, 0.2) is 5.54 Å². The Balaban J connectivity index is 1.61. The standard InChI is InChI=1S/C25H23N3O4S2/c1-15-8-9-19-17(12-15)24(21(29)27(19)3)25(18(14-26(24)2)20-7-5-11-32-20)22(30)28(23(33)34-25)13-16-6-4-10-31-16/h4-12,18H,13-14H2,1-3H3/t18-,24+,25-/m1/s1. The average Bonchev–Trinajstić information content (AvgIpc) is 3.61. The number of carbonyl (C=O) groups is 2. The van der Waals surface area contributed by atoms with Gasteiger partial charge in [0.2, 0.25) is 5.91 Å². The van der Waals surface area contributed by atoms with Gasteiger partial charge >= 0.3 is 0 Å². The van der Waals surface area contributed by atoms with E-state index < -0.39 is 10.3 Å². The quantitative estimate of drug-likeness (QED) is 0.513. The predicted octanol–water partition coefficient (Wildman–Crippen LogP) is 3.88. The van der Waals surface area contributed by atoms with Crippen LogP contribution in [0.1, 0.15) is 28.6 Å². The third-order valence-electron chi connectivity index (χ3n) is 7.39. The summed E-state index contributed by atoms with van der Waals surface area (Å²) in [5, 5.41) is 0. The van der Waals surface area contributed by atoms with Crippen molar-refractivity contribution in [3.63, 3.8) is 0 Å². The van der Waals surface area contributed by atoms with Crippen molar-refractivity contribution in [2.24, 2.45) is 0 Å². The van der Waals surface area contributed by atoms with Crippen LogP contribution in [0.3, 0.4) is 0 Å². The van der Waals surface area contributed by atoms with Gasteiger partial charge in [-0.3, -0.25) is 19.4 Å². The Morgan fingerprint density at radius 3 is 2.56 bits per heavy atom. The number of fused-ring (bicyclic) bond motifs is 3. The Bertz CT molecular complexity index is 1320. The summed E-state index contributed by atoms with van der Waals surface area (Å²) < 4.78 is 10.6. The van der Waals surface area contributed by atoms with Gasteiger partial charge in [0, 0.05) is 24.8 Å². The minimum Gasteiger partial charge on any atom is -0.469 e. The molecular formula is C25H23N3O4S2. The largest absolute Gasteiger partial charge is 0.469 e. The first-order valence-corrected chi connectivity index (χ1v) is 12.3. The number of hydrogen-bond acceptors (Lipinski definition) is 7. The third kappa shape index (κ3) is 2.49. The Morgan fingerprint density at radius 1 is 1.09 bits per heavy atom. The number of nitrogens with zero attached hydrogens (tertiary/aromatic N) is 3. The van der Waals surface area contributed by atoms with Crippen molar-refractivity contribution in [1.29, 1.82) is 0 Å². The second kappa shape index (κ2) is 7.31. The van der Waals surface area contributed by atoms with Crippen LogP contribution in [-0.2, 0) is 21.7 Å². The number of thiocarbonyl (C=S) groups is 1. The lowest BCUT2D eigenvalue weighted by molar-refractivity contribution is -0.139. The highest BCUT2D eigenvalue weighted by atomic mass is 32.2. The molecule has 7 nitrogen and oxygen atoms in total. The van der Waals surface area contributed by atoms with Crippen LogP contribution < -0.4 is 4.90 Å². The van der Waals surface area contributed by atoms with Gasteiger partial charge in [0.05, 0.1) is 25.0 Å². The molecule has 3 aliphatic rings. The number of anilines is 1. The molecule has 9 heteroatoms. The lowest BCUT2D eigenvalue weighted by Crippen LogP contribution is -2.62. The molecule has 2 amide bonds. The summed E-state index contributed by atoms with van der Waals surface area (Å²) in [7, 11) is 3.69. The molecule has 2 fully saturated rings. The summed E-state index contributed by atoms with van der Waals surface area (Å²) in [4.78, 5) is 34.1. The normalized spacial score (nSPS) is 28.8. The van der Waals surface area contributed by atoms with Gasteiger partial charge in [0.25, 0.3) is 5.91 Å². The van der Waals surface area contributed by atoms with Crippen molar-refractivity contribution in [2.45, 2.75) is 29.7 Å². The van der Waals surface area contributed by atoms with Crippen molar-refractivity contribution in [1.82, 2.24) is 9.80 Å². The molecule has 5 heterocycles. The zero-order chi connectivity index (χ0) is 23.8. The number of likely N-dealkylation sites (tertiary alicyclic amines) is 1. The van der Waals surface area contributed by atoms with Crippen LogP contribution in [0.4, 0.5) is 5.69 Å². The van der Waals surface area contributed by atoms with E-state index >= 15 is 0 Å². The van der Waals surface area contributed by atoms with E-state index in [9.17, 15) is 9.59 Å². The molecule has 0 aliphatic carbocycles. The molecule has 0 saturated carbocycles. The number of thioether (sulfide) groups is 1. The molecule has 0 unspecified atom stereocenters. The lowest BCUT2D eigenvalue weighted by Gasteiger charge is -2.41. The summed E-state index contributed by atoms with van der Waals surface area (Å²) in [6.45, 7) is 2.69. The van der Waals surface area contributed by atoms with Crippen molar-refractivity contribution < 1.29 is 18.4 Å². The van der Waals surface area contributed by atoms with Gasteiger partial charge in [-0.25, -0.2) is 0 Å². The zero-order valence-corrected chi connectivity index (χ0v) is 20.6. The van der Waals surface area contributed by atoms with Gasteiger partial charge < -0.3 is 13.7 Å². The first-order valence-electron chi connectivity index (χ1n) is 11.0. The number of carbonyl (C=O) groups excluding carboxylic acids is 2. The van der Waals surface area contributed by atoms with Crippen LogP contribution in [0.5, 0.6) is 0 Å². The fourth-order valence-corrected chi connectivity index (χ4v) is 8.05. The number of aryl methyl sites for hydroxylation is 1. The number of likely N-dealkylation sites (N-methyl/N-ethyl adjacent to an activating group) is 2. The molecule has 3 aromatic rings. The summed E-state index contributed by atoms with van der Waals surface area (Å²) in [6, 6.07) is 13.3. The lowest BCUT2D eigenvalue weighted by atomic mass is 9.73. The third-order valence-corrected chi connectivity index (χ3v) is 9.33. The molecule has 0 N–H and O–H groups in total. The van der Waals surface area contributed by atoms with E-state index in [1.54, 1.807) is 35.4 Å². The Hall–Kier alpha value is -2.88. The van der Waals surface area contributed by atoms with Crippen molar-refractivity contribution >= 4 is 45.8 Å². The molecule has 174 valence electrons. The van der Waals surface area contributed by atoms with Gasteiger partial charge in [-0.2, -0.15) is 0 Å². The SMILES string of the molecule is Cc1ccc2c(c1)[C@@]1(C(=O)N2C)N(C)C[C@H](c2ccco2)[C@]12SC(=S)N(Cc1ccco1)C2=O. The molecule has 0 bridgehead atoms. The second-order valence-corrected chi connectivity index (χ2v) is 11.0. The fraction of sp³-hybridized carbons (Fsp3) is 0.320. The van der Waals surface area contributed by atoms with Crippen molar-refractivity contribution in [3.05, 3.63) is 77.6 Å². The summed E-state index contributed by atoms with van der Waals surface area (Å²) in [5.74, 6) is 0.598. The van der Waals surface area contributed by atoms with E-state index in [0.29, 0.717) is 22.4 Å². The van der Waals surface area contributed by atoms with Crippen LogP contribution >= 0.6 is 24.0 Å². The number of rotatable bonds is 3. The second-order valence-electron chi connectivity index (χ2n) is 9.12. The van der Waals surface area contributed by atoms with Gasteiger partial charge in [-0.05, 0) is 44.3 Å². The van der Waals surface area contributed by atoms with Crippen molar-refractivity contribution in [3.8, 4) is 0 Å². The highest BCUT2D eigenvalue weighted by Gasteiger charge is 2.79. The highest BCUT2D eigenvalue weighted by molar-refractivity contribution is 8.25. The van der Waals surface area contributed by atoms with Gasteiger partial charge in [0.1, 0.15) is 20.6 Å². The van der Waals surface area contributed by atoms with Crippen LogP contribution in [-0.4, -0.2) is 51.3 Å². The minimum absolute atomic E-state index is 0.131. The van der Waals surface area contributed by atoms with E-state index in [1.807, 2.05) is 55.3 Å². The van der Waals surface area contributed by atoms with Crippen LogP contribution in [0, 0.1) is 6.92 Å². The first-order chi connectivity index (χ1) is 16.3. The maximum atomic E-state index is 14.6. The van der Waals surface area contributed by atoms with E-state index in [2.05, 4.69) is 0 Å². The molecule has 3 atom stereocenters. The first kappa shape index (κ1) is 21.6. The molecule has 6 rings (SSSR count). The number of furan rings is 2. The topological polar surface area (TPSA) is 70.1 Å². The van der Waals surface area contributed by atoms with Gasteiger partial charge in [-0.1, -0.05) is 41.7 Å². The van der Waals surface area contributed by atoms with E-state index in [4.69, 9.17) is 21.1 Å². The molecule has 2 aromatic heterocycles. The van der Waals surface area contributed by atoms with Crippen LogP contribution in [0.25, 0.3) is 0 Å². The summed E-state index contributed by atoms with van der Waals surface area (Å²) in [5.41, 5.74) is 1.44. The molecule has 34 heavy (non-hydrogen) atoms. The molecule has 2 spiro atoms. The average molecular weight is 494 g/mol. The Morgan fingerprint density at radius 2 is 1.85 bits per heavy atom. The maximum Gasteiger partial charge on any atom is 0.254 e. The predicted molar refractivity (Wildman–Crippen MR) is 133 cm³/mol. The Labute approximate surface area is 206 Å². The van der Waals surface area contributed by atoms with Gasteiger partial charge in [-0.15, -0.1) is 0 Å². The monoisotopic (exact) mass is 493 g/mol. The molecule has 0 radical (unpaired) electrons. The zero-order valence-electron chi connectivity index (χ0n) is 19.0. The number of amides is 2. The minimum atomic E-state index is -1.23. The number of hydrogen-bond donors (Lipinski definition) is 0. The van der Waals surface area contributed by atoms with Crippen LogP contribution in [0.2, 0.25) is 0 Å². The smallest absolute Gasteiger partial charge is 0.254 e. The number of benzene rings is 1. The molecular weight excluding hydrogens is 470 g/mol. The molecule has 3 aliphatic heterocycles. The summed E-state index contributed by atoms with van der Waals surface area (Å²) >= 11 is 7.10. The molecule has 1 aromatic carbocycles. The highest BCUT2D eigenvalue weighted by Crippen LogP contribution is 2.66. The maximum absolute atomic E-state index is 14.6. The van der Waals surface area contributed by atoms with E-state index in [1.165, 1.54) is 11.8 Å².